The topological polar surface area (TPSA) is 54.0 Å². The summed E-state index contributed by atoms with van der Waals surface area (Å²) < 4.78 is 11.1. The van der Waals surface area contributed by atoms with Crippen molar-refractivity contribution in [2.24, 2.45) is 0 Å². The fourth-order valence-electron chi connectivity index (χ4n) is 3.53. The van der Waals surface area contributed by atoms with Gasteiger partial charge in [0.05, 0.1) is 31.1 Å². The minimum absolute atomic E-state index is 0.0752. The van der Waals surface area contributed by atoms with Crippen molar-refractivity contribution in [3.05, 3.63) is 47.5 Å². The molecular weight excluding hydrogens is 390 g/mol. The number of hydrogen-bond donors (Lipinski definition) is 1. The van der Waals surface area contributed by atoms with Crippen molar-refractivity contribution in [3.63, 3.8) is 0 Å². The molecule has 1 fully saturated rings. The van der Waals surface area contributed by atoms with Crippen molar-refractivity contribution in [2.75, 3.05) is 50.1 Å². The quantitative estimate of drug-likeness (QED) is 0.740. The van der Waals surface area contributed by atoms with Crippen LogP contribution in [0.4, 0.5) is 11.4 Å². The molecule has 0 unspecified atom stereocenters. The zero-order valence-electron chi connectivity index (χ0n) is 17.2. The molecule has 2 aromatic carbocycles. The van der Waals surface area contributed by atoms with Crippen molar-refractivity contribution in [3.8, 4) is 11.5 Å². The fourth-order valence-corrected chi connectivity index (χ4v) is 3.70. The number of hydrogen-bond acceptors (Lipinski definition) is 5. The number of piperazine rings is 1. The first kappa shape index (κ1) is 21.3. The molecule has 1 atom stereocenters. The molecule has 0 bridgehead atoms. The Kier molecular flexibility index (Phi) is 7.23. The van der Waals surface area contributed by atoms with Crippen LogP contribution in [0, 0.1) is 0 Å². The average Bonchev–Trinajstić information content (AvgIpc) is 2.74. The molecule has 7 heteroatoms. The standard InChI is InChI=1S/C22H28ClN3O3/c1-4-29-21-8-6-5-7-19(21)26-13-11-25(12-14-26)16(2)22(27)24-18-15-17(23)9-10-20(18)28-3/h5-10,15-16H,4,11-14H2,1-3H3,(H,24,27)/t16-/m0/s1. The molecule has 29 heavy (non-hydrogen) atoms. The summed E-state index contributed by atoms with van der Waals surface area (Å²) in [4.78, 5) is 17.3. The molecule has 1 saturated heterocycles. The summed E-state index contributed by atoms with van der Waals surface area (Å²) in [6.07, 6.45) is 0. The van der Waals surface area contributed by atoms with Crippen LogP contribution in [0.15, 0.2) is 42.5 Å². The van der Waals surface area contributed by atoms with Crippen LogP contribution >= 0.6 is 11.6 Å². The molecule has 1 aliphatic rings. The van der Waals surface area contributed by atoms with E-state index in [-0.39, 0.29) is 11.9 Å². The molecule has 1 amide bonds. The van der Waals surface area contributed by atoms with Crippen molar-refractivity contribution in [2.45, 2.75) is 19.9 Å². The van der Waals surface area contributed by atoms with Crippen LogP contribution in [0.5, 0.6) is 11.5 Å². The molecule has 1 aliphatic heterocycles. The van der Waals surface area contributed by atoms with E-state index in [2.05, 4.69) is 21.2 Å². The third kappa shape index (κ3) is 5.14. The minimum Gasteiger partial charge on any atom is -0.495 e. The van der Waals surface area contributed by atoms with Gasteiger partial charge in [-0.25, -0.2) is 0 Å². The van der Waals surface area contributed by atoms with Gasteiger partial charge in [0.15, 0.2) is 0 Å². The number of para-hydroxylation sites is 2. The number of amides is 1. The Labute approximate surface area is 177 Å². The van der Waals surface area contributed by atoms with Gasteiger partial charge in [0, 0.05) is 31.2 Å². The highest BCUT2D eigenvalue weighted by molar-refractivity contribution is 6.31. The Morgan fingerprint density at radius 1 is 1.14 bits per heavy atom. The average molecular weight is 418 g/mol. The molecule has 0 saturated carbocycles. The van der Waals surface area contributed by atoms with Gasteiger partial charge in [-0.15, -0.1) is 0 Å². The molecule has 0 aliphatic carbocycles. The van der Waals surface area contributed by atoms with Crippen LogP contribution in [0.3, 0.4) is 0 Å². The van der Waals surface area contributed by atoms with Crippen molar-refractivity contribution < 1.29 is 14.3 Å². The van der Waals surface area contributed by atoms with Gasteiger partial charge in [-0.3, -0.25) is 9.69 Å². The second-order valence-electron chi connectivity index (χ2n) is 6.93. The number of carbonyl (C=O) groups is 1. The van der Waals surface area contributed by atoms with Gasteiger partial charge in [0.25, 0.3) is 0 Å². The first-order chi connectivity index (χ1) is 14.0. The Hall–Kier alpha value is -2.44. The molecule has 1 heterocycles. The Morgan fingerprint density at radius 3 is 2.55 bits per heavy atom. The van der Waals surface area contributed by atoms with Gasteiger partial charge in [-0.05, 0) is 44.2 Å². The normalized spacial score (nSPS) is 15.7. The molecular formula is C22H28ClN3O3. The molecule has 6 nitrogen and oxygen atoms in total. The lowest BCUT2D eigenvalue weighted by Gasteiger charge is -2.39. The molecule has 0 radical (unpaired) electrons. The van der Waals surface area contributed by atoms with Crippen LogP contribution in [0.2, 0.25) is 5.02 Å². The number of rotatable bonds is 7. The number of nitrogens with one attached hydrogen (secondary N) is 1. The zero-order valence-corrected chi connectivity index (χ0v) is 17.9. The lowest BCUT2D eigenvalue weighted by atomic mass is 10.2. The van der Waals surface area contributed by atoms with E-state index in [0.717, 1.165) is 37.6 Å². The zero-order chi connectivity index (χ0) is 20.8. The molecule has 0 aromatic heterocycles. The maximum atomic E-state index is 12.8. The molecule has 2 aromatic rings. The molecule has 0 spiro atoms. The Bertz CT molecular complexity index is 838. The number of nitrogens with zero attached hydrogens (tertiary/aromatic N) is 2. The first-order valence-corrected chi connectivity index (χ1v) is 10.3. The van der Waals surface area contributed by atoms with Crippen molar-refractivity contribution in [1.82, 2.24) is 4.90 Å². The summed E-state index contributed by atoms with van der Waals surface area (Å²) in [5.41, 5.74) is 1.69. The summed E-state index contributed by atoms with van der Waals surface area (Å²) in [7, 11) is 1.57. The number of anilines is 2. The van der Waals surface area contributed by atoms with Crippen LogP contribution in [0.1, 0.15) is 13.8 Å². The van der Waals surface area contributed by atoms with E-state index in [1.165, 1.54) is 0 Å². The van der Waals surface area contributed by atoms with E-state index >= 15 is 0 Å². The monoisotopic (exact) mass is 417 g/mol. The van der Waals surface area contributed by atoms with Gasteiger partial charge < -0.3 is 19.7 Å². The van der Waals surface area contributed by atoms with E-state index in [1.54, 1.807) is 25.3 Å². The summed E-state index contributed by atoms with van der Waals surface area (Å²) >= 11 is 6.06. The van der Waals surface area contributed by atoms with Crippen LogP contribution in [0.25, 0.3) is 0 Å². The first-order valence-electron chi connectivity index (χ1n) is 9.88. The fraction of sp³-hybridized carbons (Fsp3) is 0.409. The molecule has 3 rings (SSSR count). The van der Waals surface area contributed by atoms with E-state index in [4.69, 9.17) is 21.1 Å². The van der Waals surface area contributed by atoms with Crippen LogP contribution in [-0.2, 0) is 4.79 Å². The van der Waals surface area contributed by atoms with E-state index in [1.807, 2.05) is 32.0 Å². The van der Waals surface area contributed by atoms with E-state index in [0.29, 0.717) is 23.1 Å². The number of carbonyl (C=O) groups excluding carboxylic acids is 1. The lowest BCUT2D eigenvalue weighted by molar-refractivity contribution is -0.120. The predicted octanol–water partition coefficient (Wildman–Crippen LogP) is 3.90. The van der Waals surface area contributed by atoms with Crippen LogP contribution in [-0.4, -0.2) is 56.7 Å². The SMILES string of the molecule is CCOc1ccccc1N1CCN([C@@H](C)C(=O)Nc2cc(Cl)ccc2OC)CC1. The minimum atomic E-state index is -0.261. The second-order valence-corrected chi connectivity index (χ2v) is 7.37. The van der Waals surface area contributed by atoms with Crippen molar-refractivity contribution >= 4 is 28.9 Å². The van der Waals surface area contributed by atoms with E-state index < -0.39 is 0 Å². The lowest BCUT2D eigenvalue weighted by Crippen LogP contribution is -2.52. The summed E-state index contributed by atoms with van der Waals surface area (Å²) in [6, 6.07) is 13.0. The van der Waals surface area contributed by atoms with Gasteiger partial charge in [-0.2, -0.15) is 0 Å². The summed E-state index contributed by atoms with van der Waals surface area (Å²) in [5.74, 6) is 1.42. The highest BCUT2D eigenvalue weighted by Crippen LogP contribution is 2.30. The number of methoxy groups -OCH3 is 1. The smallest absolute Gasteiger partial charge is 0.241 e. The van der Waals surface area contributed by atoms with Gasteiger partial charge in [0.2, 0.25) is 5.91 Å². The third-order valence-corrected chi connectivity index (χ3v) is 5.40. The maximum absolute atomic E-state index is 12.8. The highest BCUT2D eigenvalue weighted by Gasteiger charge is 2.27. The largest absolute Gasteiger partial charge is 0.495 e. The predicted molar refractivity (Wildman–Crippen MR) is 117 cm³/mol. The highest BCUT2D eigenvalue weighted by atomic mass is 35.5. The molecule has 156 valence electrons. The Morgan fingerprint density at radius 2 is 1.86 bits per heavy atom. The maximum Gasteiger partial charge on any atom is 0.241 e. The number of ether oxygens (including phenoxy) is 2. The van der Waals surface area contributed by atoms with Gasteiger partial charge in [0.1, 0.15) is 11.5 Å². The van der Waals surface area contributed by atoms with Gasteiger partial charge >= 0.3 is 0 Å². The number of benzene rings is 2. The summed E-state index contributed by atoms with van der Waals surface area (Å²) in [5, 5.41) is 3.50. The van der Waals surface area contributed by atoms with Gasteiger partial charge in [-0.1, -0.05) is 23.7 Å². The second kappa shape index (κ2) is 9.85. The third-order valence-electron chi connectivity index (χ3n) is 5.17. The number of halogens is 1. The van der Waals surface area contributed by atoms with E-state index in [9.17, 15) is 4.79 Å². The summed E-state index contributed by atoms with van der Waals surface area (Å²) in [6.45, 7) is 7.81. The van der Waals surface area contributed by atoms with Crippen molar-refractivity contribution in [1.29, 1.82) is 0 Å². The molecule has 1 N–H and O–H groups in total. The van der Waals surface area contributed by atoms with Crippen LogP contribution < -0.4 is 19.7 Å². The Balaban J connectivity index is 1.61.